The van der Waals surface area contributed by atoms with Crippen LogP contribution < -0.4 is 5.73 Å². The average Bonchev–Trinajstić information content (AvgIpc) is 1.80. The zero-order chi connectivity index (χ0) is 10.2. The highest BCUT2D eigenvalue weighted by atomic mass is 32.2. The minimum absolute atomic E-state index is 0.0959. The fourth-order valence-electron chi connectivity index (χ4n) is 1.31. The Morgan fingerprint density at radius 2 is 1.77 bits per heavy atom. The van der Waals surface area contributed by atoms with Crippen molar-refractivity contribution >= 4 is 10.0 Å². The van der Waals surface area contributed by atoms with Crippen LogP contribution >= 0.6 is 0 Å². The van der Waals surface area contributed by atoms with E-state index in [9.17, 15) is 8.42 Å². The van der Waals surface area contributed by atoms with Gasteiger partial charge in [0, 0.05) is 25.0 Å². The number of hydrogen-bond donors (Lipinski definition) is 1. The predicted molar refractivity (Wildman–Crippen MR) is 52.8 cm³/mol. The molecule has 2 N–H and O–H groups in total. The van der Waals surface area contributed by atoms with Crippen LogP contribution in [0.15, 0.2) is 0 Å². The average molecular weight is 206 g/mol. The summed E-state index contributed by atoms with van der Waals surface area (Å²) < 4.78 is 24.7. The Morgan fingerprint density at radius 3 is 2.08 bits per heavy atom. The maximum Gasteiger partial charge on any atom is 0.216 e. The van der Waals surface area contributed by atoms with E-state index in [0.29, 0.717) is 19.0 Å². The van der Waals surface area contributed by atoms with Crippen molar-refractivity contribution in [2.45, 2.75) is 32.1 Å². The third-order valence-electron chi connectivity index (χ3n) is 2.58. The third kappa shape index (κ3) is 2.03. The largest absolute Gasteiger partial charge is 0.328 e. The molecule has 78 valence electrons. The van der Waals surface area contributed by atoms with E-state index in [2.05, 4.69) is 0 Å². The lowest BCUT2D eigenvalue weighted by Gasteiger charge is -2.41. The Hall–Kier alpha value is -0.130. The van der Waals surface area contributed by atoms with Gasteiger partial charge in [-0.1, -0.05) is 0 Å². The van der Waals surface area contributed by atoms with Crippen molar-refractivity contribution in [2.24, 2.45) is 11.7 Å². The number of nitrogens with zero attached hydrogens (tertiary/aromatic N) is 1. The van der Waals surface area contributed by atoms with E-state index < -0.39 is 10.0 Å². The fourth-order valence-corrected chi connectivity index (χ4v) is 2.70. The molecule has 4 nitrogen and oxygen atoms in total. The minimum atomic E-state index is -3.03. The molecular weight excluding hydrogens is 188 g/mol. The van der Waals surface area contributed by atoms with Crippen molar-refractivity contribution in [1.82, 2.24) is 4.31 Å². The lowest BCUT2D eigenvalue weighted by molar-refractivity contribution is 0.176. The molecule has 5 heteroatoms. The summed E-state index contributed by atoms with van der Waals surface area (Å²) in [4.78, 5) is 0. The molecule has 0 aliphatic carbocycles. The lowest BCUT2D eigenvalue weighted by Crippen LogP contribution is -2.56. The van der Waals surface area contributed by atoms with Crippen LogP contribution in [-0.2, 0) is 10.0 Å². The SMILES string of the molecule is CC(N)C1CN(S(=O)(=O)C(C)C)C1. The molecule has 1 atom stereocenters. The van der Waals surface area contributed by atoms with E-state index in [0.717, 1.165) is 0 Å². The van der Waals surface area contributed by atoms with Gasteiger partial charge in [-0.15, -0.1) is 0 Å². The first-order valence-corrected chi connectivity index (χ1v) is 6.10. The molecule has 0 spiro atoms. The van der Waals surface area contributed by atoms with Gasteiger partial charge in [-0.3, -0.25) is 0 Å². The molecule has 1 saturated heterocycles. The molecule has 0 radical (unpaired) electrons. The van der Waals surface area contributed by atoms with Gasteiger partial charge >= 0.3 is 0 Å². The van der Waals surface area contributed by atoms with Crippen LogP contribution in [0.5, 0.6) is 0 Å². The van der Waals surface area contributed by atoms with Crippen LogP contribution in [0, 0.1) is 5.92 Å². The minimum Gasteiger partial charge on any atom is -0.328 e. The van der Waals surface area contributed by atoms with Crippen LogP contribution in [0.2, 0.25) is 0 Å². The second-order valence-corrected chi connectivity index (χ2v) is 6.52. The number of nitrogens with two attached hydrogens (primary N) is 1. The lowest BCUT2D eigenvalue weighted by atomic mass is 9.96. The molecule has 13 heavy (non-hydrogen) atoms. The highest BCUT2D eigenvalue weighted by molar-refractivity contribution is 7.89. The highest BCUT2D eigenvalue weighted by Crippen LogP contribution is 2.23. The summed E-state index contributed by atoms with van der Waals surface area (Å²) in [6.45, 7) is 6.52. The molecule has 1 aliphatic heterocycles. The number of hydrogen-bond acceptors (Lipinski definition) is 3. The standard InChI is InChI=1S/C8H18N2O2S/c1-6(2)13(11,12)10-4-8(5-10)7(3)9/h6-8H,4-5,9H2,1-3H3. The van der Waals surface area contributed by atoms with Crippen LogP contribution in [0.3, 0.4) is 0 Å². The molecular formula is C8H18N2O2S. The van der Waals surface area contributed by atoms with Gasteiger partial charge in [-0.2, -0.15) is 0 Å². The van der Waals surface area contributed by atoms with Crippen molar-refractivity contribution in [3.05, 3.63) is 0 Å². The summed E-state index contributed by atoms with van der Waals surface area (Å²) in [5.41, 5.74) is 5.66. The fraction of sp³-hybridized carbons (Fsp3) is 1.00. The Labute approximate surface area is 80.1 Å². The van der Waals surface area contributed by atoms with Gasteiger partial charge < -0.3 is 5.73 Å². The summed E-state index contributed by atoms with van der Waals surface area (Å²) >= 11 is 0. The van der Waals surface area contributed by atoms with Crippen molar-refractivity contribution in [1.29, 1.82) is 0 Å². The normalized spacial score (nSPS) is 23.2. The first kappa shape index (κ1) is 10.9. The van der Waals surface area contributed by atoms with Crippen LogP contribution in [-0.4, -0.2) is 37.1 Å². The summed E-state index contributed by atoms with van der Waals surface area (Å²) in [6.07, 6.45) is 0. The van der Waals surface area contributed by atoms with E-state index in [-0.39, 0.29) is 11.3 Å². The van der Waals surface area contributed by atoms with Gasteiger partial charge in [-0.05, 0) is 20.8 Å². The molecule has 0 saturated carbocycles. The maximum absolute atomic E-state index is 11.6. The molecule has 1 rings (SSSR count). The summed E-state index contributed by atoms with van der Waals surface area (Å²) in [6, 6.07) is 0.0959. The van der Waals surface area contributed by atoms with Crippen LogP contribution in [0.1, 0.15) is 20.8 Å². The monoisotopic (exact) mass is 206 g/mol. The van der Waals surface area contributed by atoms with Crippen molar-refractivity contribution in [2.75, 3.05) is 13.1 Å². The summed E-state index contributed by atoms with van der Waals surface area (Å²) in [7, 11) is -3.03. The van der Waals surface area contributed by atoms with E-state index in [1.165, 1.54) is 4.31 Å². The van der Waals surface area contributed by atoms with Gasteiger partial charge in [0.15, 0.2) is 0 Å². The number of sulfonamides is 1. The second kappa shape index (κ2) is 3.55. The molecule has 0 bridgehead atoms. The molecule has 1 aliphatic rings. The summed E-state index contributed by atoms with van der Waals surface area (Å²) in [5, 5.41) is -0.318. The van der Waals surface area contributed by atoms with Gasteiger partial charge in [0.1, 0.15) is 0 Å². The maximum atomic E-state index is 11.6. The molecule has 1 heterocycles. The molecule has 0 aromatic rings. The Morgan fingerprint density at radius 1 is 1.31 bits per heavy atom. The van der Waals surface area contributed by atoms with Crippen LogP contribution in [0.4, 0.5) is 0 Å². The third-order valence-corrected chi connectivity index (χ3v) is 4.78. The van der Waals surface area contributed by atoms with Gasteiger partial charge in [0.25, 0.3) is 0 Å². The zero-order valence-corrected chi connectivity index (χ0v) is 9.21. The smallest absolute Gasteiger partial charge is 0.216 e. The summed E-state index contributed by atoms with van der Waals surface area (Å²) in [5.74, 6) is 0.341. The first-order valence-electron chi connectivity index (χ1n) is 4.60. The van der Waals surface area contributed by atoms with Gasteiger partial charge in [0.05, 0.1) is 5.25 Å². The van der Waals surface area contributed by atoms with E-state index in [1.54, 1.807) is 13.8 Å². The van der Waals surface area contributed by atoms with Crippen LogP contribution in [0.25, 0.3) is 0 Å². The van der Waals surface area contributed by atoms with E-state index in [1.807, 2.05) is 6.92 Å². The van der Waals surface area contributed by atoms with Gasteiger partial charge in [-0.25, -0.2) is 12.7 Å². The van der Waals surface area contributed by atoms with E-state index >= 15 is 0 Å². The van der Waals surface area contributed by atoms with Gasteiger partial charge in [0.2, 0.25) is 10.0 Å². The van der Waals surface area contributed by atoms with Crippen molar-refractivity contribution in [3.8, 4) is 0 Å². The topological polar surface area (TPSA) is 63.4 Å². The first-order chi connectivity index (χ1) is 5.85. The molecule has 0 aromatic carbocycles. The Bertz CT molecular complexity index is 266. The molecule has 0 aromatic heterocycles. The quantitative estimate of drug-likeness (QED) is 0.707. The molecule has 1 fully saturated rings. The number of rotatable bonds is 3. The highest BCUT2D eigenvalue weighted by Gasteiger charge is 2.38. The second-order valence-electron chi connectivity index (χ2n) is 4.03. The zero-order valence-electron chi connectivity index (χ0n) is 8.40. The molecule has 0 amide bonds. The Balaban J connectivity index is 2.53. The van der Waals surface area contributed by atoms with Crippen molar-refractivity contribution in [3.63, 3.8) is 0 Å². The predicted octanol–water partition coefficient (Wildman–Crippen LogP) is 0.00360. The Kier molecular flexibility index (Phi) is 2.99. The van der Waals surface area contributed by atoms with E-state index in [4.69, 9.17) is 5.73 Å². The van der Waals surface area contributed by atoms with Crippen molar-refractivity contribution < 1.29 is 8.42 Å². The molecule has 1 unspecified atom stereocenters.